The smallest absolute Gasteiger partial charge is 0.256 e. The first kappa shape index (κ1) is 18.0. The molecule has 2 heterocycles. The molecular formula is C21H22N4O3. The molecule has 1 fully saturated rings. The Kier molecular flexibility index (Phi) is 4.97. The molecule has 1 atom stereocenters. The lowest BCUT2D eigenvalue weighted by Gasteiger charge is -2.19. The van der Waals surface area contributed by atoms with Crippen molar-refractivity contribution in [3.63, 3.8) is 0 Å². The SMILES string of the molecule is COc1ccc(OC)c([C@@H]2CCN(C(=O)c3ccccc3-n3cncn3)C2)c1. The molecule has 1 aromatic heterocycles. The van der Waals surface area contributed by atoms with Crippen molar-refractivity contribution < 1.29 is 14.3 Å². The van der Waals surface area contributed by atoms with Crippen LogP contribution in [0.15, 0.2) is 55.1 Å². The quantitative estimate of drug-likeness (QED) is 0.683. The van der Waals surface area contributed by atoms with Crippen LogP contribution in [0, 0.1) is 0 Å². The first-order valence-electron chi connectivity index (χ1n) is 9.16. The van der Waals surface area contributed by atoms with E-state index in [-0.39, 0.29) is 11.8 Å². The summed E-state index contributed by atoms with van der Waals surface area (Å²) < 4.78 is 12.5. The van der Waals surface area contributed by atoms with E-state index >= 15 is 0 Å². The molecule has 1 saturated heterocycles. The van der Waals surface area contributed by atoms with Crippen LogP contribution in [0.3, 0.4) is 0 Å². The molecule has 7 heteroatoms. The van der Waals surface area contributed by atoms with Crippen molar-refractivity contribution in [1.29, 1.82) is 0 Å². The van der Waals surface area contributed by atoms with E-state index in [0.717, 1.165) is 29.2 Å². The number of amides is 1. The molecule has 144 valence electrons. The Morgan fingerprint density at radius 3 is 2.75 bits per heavy atom. The molecule has 2 aromatic carbocycles. The number of rotatable bonds is 5. The molecular weight excluding hydrogens is 356 g/mol. The number of ether oxygens (including phenoxy) is 2. The zero-order chi connectivity index (χ0) is 19.5. The summed E-state index contributed by atoms with van der Waals surface area (Å²) in [5, 5.41) is 4.16. The summed E-state index contributed by atoms with van der Waals surface area (Å²) in [6.45, 7) is 1.32. The van der Waals surface area contributed by atoms with Crippen molar-refractivity contribution in [2.75, 3.05) is 27.3 Å². The number of likely N-dealkylation sites (tertiary alicyclic amines) is 1. The number of hydrogen-bond acceptors (Lipinski definition) is 5. The maximum atomic E-state index is 13.2. The molecule has 0 bridgehead atoms. The van der Waals surface area contributed by atoms with Crippen LogP contribution in [-0.2, 0) is 0 Å². The van der Waals surface area contributed by atoms with Crippen LogP contribution >= 0.6 is 0 Å². The molecule has 0 radical (unpaired) electrons. The third-order valence-electron chi connectivity index (χ3n) is 5.15. The Morgan fingerprint density at radius 1 is 1.14 bits per heavy atom. The standard InChI is InChI=1S/C21H22N4O3/c1-27-16-7-8-20(28-2)18(11-16)15-9-10-24(12-15)21(26)17-5-3-4-6-19(17)25-14-22-13-23-25/h3-8,11,13-15H,9-10,12H2,1-2H3/t15-/m1/s1. The van der Waals surface area contributed by atoms with Gasteiger partial charge >= 0.3 is 0 Å². The Bertz CT molecular complexity index is 972. The third kappa shape index (κ3) is 3.31. The van der Waals surface area contributed by atoms with E-state index in [4.69, 9.17) is 9.47 Å². The highest BCUT2D eigenvalue weighted by atomic mass is 16.5. The van der Waals surface area contributed by atoms with Crippen molar-refractivity contribution in [3.05, 3.63) is 66.2 Å². The zero-order valence-electron chi connectivity index (χ0n) is 15.9. The predicted molar refractivity (Wildman–Crippen MR) is 104 cm³/mol. The number of hydrogen-bond donors (Lipinski definition) is 0. The summed E-state index contributed by atoms with van der Waals surface area (Å²) in [4.78, 5) is 19.1. The minimum absolute atomic E-state index is 0.00420. The van der Waals surface area contributed by atoms with Crippen molar-refractivity contribution in [1.82, 2.24) is 19.7 Å². The summed E-state index contributed by atoms with van der Waals surface area (Å²) in [6, 6.07) is 13.3. The Morgan fingerprint density at radius 2 is 2.00 bits per heavy atom. The Hall–Kier alpha value is -3.35. The highest BCUT2D eigenvalue weighted by Crippen LogP contribution is 2.36. The minimum Gasteiger partial charge on any atom is -0.497 e. The highest BCUT2D eigenvalue weighted by Gasteiger charge is 2.31. The number of nitrogens with zero attached hydrogens (tertiary/aromatic N) is 4. The lowest BCUT2D eigenvalue weighted by molar-refractivity contribution is 0.0790. The zero-order valence-corrected chi connectivity index (χ0v) is 15.9. The van der Waals surface area contributed by atoms with Gasteiger partial charge in [-0.3, -0.25) is 4.79 Å². The minimum atomic E-state index is -0.00420. The molecule has 4 rings (SSSR count). The summed E-state index contributed by atoms with van der Waals surface area (Å²) in [6.07, 6.45) is 3.93. The molecule has 1 aliphatic heterocycles. The number of methoxy groups -OCH3 is 2. The highest BCUT2D eigenvalue weighted by molar-refractivity contribution is 5.98. The molecule has 1 amide bonds. The summed E-state index contributed by atoms with van der Waals surface area (Å²) in [5.41, 5.74) is 2.42. The first-order valence-corrected chi connectivity index (χ1v) is 9.16. The molecule has 0 spiro atoms. The van der Waals surface area contributed by atoms with Gasteiger partial charge in [0.25, 0.3) is 5.91 Å². The van der Waals surface area contributed by atoms with Crippen LogP contribution < -0.4 is 9.47 Å². The van der Waals surface area contributed by atoms with Crippen LogP contribution in [0.5, 0.6) is 11.5 Å². The summed E-state index contributed by atoms with van der Waals surface area (Å²) in [5.74, 6) is 1.81. The largest absolute Gasteiger partial charge is 0.497 e. The predicted octanol–water partition coefficient (Wildman–Crippen LogP) is 2.91. The van der Waals surface area contributed by atoms with E-state index in [9.17, 15) is 4.79 Å². The lowest BCUT2D eigenvalue weighted by Crippen LogP contribution is -2.29. The van der Waals surface area contributed by atoms with Crippen molar-refractivity contribution in [2.24, 2.45) is 0 Å². The lowest BCUT2D eigenvalue weighted by atomic mass is 9.97. The van der Waals surface area contributed by atoms with Crippen LogP contribution in [-0.4, -0.2) is 52.9 Å². The van der Waals surface area contributed by atoms with Gasteiger partial charge in [0, 0.05) is 24.6 Å². The van der Waals surface area contributed by atoms with E-state index in [1.807, 2.05) is 47.4 Å². The average molecular weight is 378 g/mol. The fraction of sp³-hybridized carbons (Fsp3) is 0.286. The van der Waals surface area contributed by atoms with Gasteiger partial charge in [-0.05, 0) is 36.8 Å². The van der Waals surface area contributed by atoms with Crippen LogP contribution in [0.25, 0.3) is 5.69 Å². The van der Waals surface area contributed by atoms with Crippen LogP contribution in [0.2, 0.25) is 0 Å². The van der Waals surface area contributed by atoms with Gasteiger partial charge in [0.2, 0.25) is 0 Å². The first-order chi connectivity index (χ1) is 13.7. The maximum absolute atomic E-state index is 13.2. The topological polar surface area (TPSA) is 69.5 Å². The second kappa shape index (κ2) is 7.72. The molecule has 3 aromatic rings. The van der Waals surface area contributed by atoms with E-state index in [0.29, 0.717) is 18.7 Å². The van der Waals surface area contributed by atoms with Gasteiger partial charge in [0.1, 0.15) is 24.2 Å². The number of benzene rings is 2. The molecule has 0 unspecified atom stereocenters. The maximum Gasteiger partial charge on any atom is 0.256 e. The van der Waals surface area contributed by atoms with E-state index in [1.165, 1.54) is 6.33 Å². The van der Waals surface area contributed by atoms with E-state index in [1.54, 1.807) is 25.2 Å². The molecule has 1 aliphatic rings. The number of carbonyl (C=O) groups excluding carboxylic acids is 1. The van der Waals surface area contributed by atoms with Gasteiger partial charge in [-0.1, -0.05) is 12.1 Å². The molecule has 0 saturated carbocycles. The monoisotopic (exact) mass is 378 g/mol. The third-order valence-corrected chi connectivity index (χ3v) is 5.15. The number of aromatic nitrogens is 3. The van der Waals surface area contributed by atoms with E-state index in [2.05, 4.69) is 10.1 Å². The van der Waals surface area contributed by atoms with Crippen LogP contribution in [0.4, 0.5) is 0 Å². The van der Waals surface area contributed by atoms with Gasteiger partial charge in [-0.15, -0.1) is 0 Å². The van der Waals surface area contributed by atoms with Crippen molar-refractivity contribution in [2.45, 2.75) is 12.3 Å². The summed E-state index contributed by atoms with van der Waals surface area (Å²) in [7, 11) is 3.31. The molecule has 28 heavy (non-hydrogen) atoms. The molecule has 7 nitrogen and oxygen atoms in total. The Labute approximate surface area is 163 Å². The van der Waals surface area contributed by atoms with E-state index < -0.39 is 0 Å². The second-order valence-corrected chi connectivity index (χ2v) is 6.70. The van der Waals surface area contributed by atoms with Gasteiger partial charge < -0.3 is 14.4 Å². The number of para-hydroxylation sites is 1. The molecule has 0 N–H and O–H groups in total. The summed E-state index contributed by atoms with van der Waals surface area (Å²) >= 11 is 0. The fourth-order valence-electron chi connectivity index (χ4n) is 3.71. The fourth-order valence-corrected chi connectivity index (χ4v) is 3.71. The van der Waals surface area contributed by atoms with Crippen molar-refractivity contribution >= 4 is 5.91 Å². The van der Waals surface area contributed by atoms with Crippen molar-refractivity contribution in [3.8, 4) is 17.2 Å². The average Bonchev–Trinajstić information content (AvgIpc) is 3.45. The van der Waals surface area contributed by atoms with Gasteiger partial charge in [-0.25, -0.2) is 9.67 Å². The normalized spacial score (nSPS) is 16.2. The van der Waals surface area contributed by atoms with Gasteiger partial charge in [0.05, 0.1) is 25.5 Å². The van der Waals surface area contributed by atoms with Gasteiger partial charge in [-0.2, -0.15) is 5.10 Å². The second-order valence-electron chi connectivity index (χ2n) is 6.70. The van der Waals surface area contributed by atoms with Crippen LogP contribution in [0.1, 0.15) is 28.3 Å². The van der Waals surface area contributed by atoms with Gasteiger partial charge in [0.15, 0.2) is 0 Å². The Balaban J connectivity index is 1.58. The number of carbonyl (C=O) groups is 1. The molecule has 0 aliphatic carbocycles.